The molecule has 3 heteroatoms. The summed E-state index contributed by atoms with van der Waals surface area (Å²) in [7, 11) is 0. The van der Waals surface area contributed by atoms with Gasteiger partial charge >= 0.3 is 0 Å². The molecule has 0 saturated heterocycles. The van der Waals surface area contributed by atoms with Crippen LogP contribution >= 0.6 is 0 Å². The molecule has 0 saturated carbocycles. The molecule has 0 aliphatic heterocycles. The molecule has 0 aromatic heterocycles. The highest BCUT2D eigenvalue weighted by Gasteiger charge is 2.15. The Morgan fingerprint density at radius 1 is 1.40 bits per heavy atom. The summed E-state index contributed by atoms with van der Waals surface area (Å²) in [6.45, 7) is 4.26. The first kappa shape index (κ1) is 11.4. The first-order valence-corrected chi connectivity index (χ1v) is 5.02. The Hall–Kier alpha value is -1.64. The fourth-order valence-corrected chi connectivity index (χ4v) is 1.41. The zero-order valence-electron chi connectivity index (χ0n) is 9.06. The standard InChI is InChI=1S/C12H15NO2/c1-3-8-13(9-14)12(15)11-7-5-4-6-10(11)2/h4-7,9H,3,8H2,1-2H3. The van der Waals surface area contributed by atoms with E-state index in [2.05, 4.69) is 0 Å². The van der Waals surface area contributed by atoms with Gasteiger partial charge in [0.15, 0.2) is 0 Å². The average molecular weight is 205 g/mol. The molecule has 0 spiro atoms. The van der Waals surface area contributed by atoms with Crippen molar-refractivity contribution < 1.29 is 9.59 Å². The summed E-state index contributed by atoms with van der Waals surface area (Å²) in [6.07, 6.45) is 1.37. The average Bonchev–Trinajstić information content (AvgIpc) is 2.25. The van der Waals surface area contributed by atoms with Gasteiger partial charge in [-0.05, 0) is 25.0 Å². The zero-order valence-corrected chi connectivity index (χ0v) is 9.06. The van der Waals surface area contributed by atoms with Crippen LogP contribution in [0.4, 0.5) is 0 Å². The molecule has 0 aliphatic carbocycles. The third-order valence-corrected chi connectivity index (χ3v) is 2.23. The van der Waals surface area contributed by atoms with Gasteiger partial charge in [-0.2, -0.15) is 0 Å². The number of hydrogen-bond donors (Lipinski definition) is 0. The summed E-state index contributed by atoms with van der Waals surface area (Å²) < 4.78 is 0. The molecule has 80 valence electrons. The van der Waals surface area contributed by atoms with Gasteiger partial charge in [0, 0.05) is 12.1 Å². The third kappa shape index (κ3) is 2.65. The van der Waals surface area contributed by atoms with Gasteiger partial charge in [-0.1, -0.05) is 25.1 Å². The van der Waals surface area contributed by atoms with Gasteiger partial charge in [0.05, 0.1) is 0 Å². The number of hydrogen-bond acceptors (Lipinski definition) is 2. The number of benzene rings is 1. The van der Waals surface area contributed by atoms with Crippen LogP contribution in [0.2, 0.25) is 0 Å². The summed E-state index contributed by atoms with van der Waals surface area (Å²) in [4.78, 5) is 23.8. The Morgan fingerprint density at radius 3 is 2.60 bits per heavy atom. The van der Waals surface area contributed by atoms with Crippen LogP contribution < -0.4 is 0 Å². The van der Waals surface area contributed by atoms with Crippen molar-refractivity contribution in [2.75, 3.05) is 6.54 Å². The summed E-state index contributed by atoms with van der Waals surface area (Å²) in [5.41, 5.74) is 1.49. The quantitative estimate of drug-likeness (QED) is 0.705. The van der Waals surface area contributed by atoms with E-state index in [9.17, 15) is 9.59 Å². The van der Waals surface area contributed by atoms with Crippen LogP contribution in [0.3, 0.4) is 0 Å². The van der Waals surface area contributed by atoms with Crippen molar-refractivity contribution in [3.8, 4) is 0 Å². The Bertz CT molecular complexity index is 360. The van der Waals surface area contributed by atoms with Crippen molar-refractivity contribution >= 4 is 12.3 Å². The summed E-state index contributed by atoms with van der Waals surface area (Å²) in [5.74, 6) is -0.218. The van der Waals surface area contributed by atoms with E-state index in [1.807, 2.05) is 26.0 Å². The topological polar surface area (TPSA) is 37.4 Å². The van der Waals surface area contributed by atoms with Gasteiger partial charge in [0.1, 0.15) is 0 Å². The van der Waals surface area contributed by atoms with Crippen LogP contribution in [-0.2, 0) is 4.79 Å². The molecular weight excluding hydrogens is 190 g/mol. The maximum absolute atomic E-state index is 11.9. The lowest BCUT2D eigenvalue weighted by molar-refractivity contribution is -0.116. The lowest BCUT2D eigenvalue weighted by Crippen LogP contribution is -2.30. The second kappa shape index (κ2) is 5.29. The minimum atomic E-state index is -0.218. The highest BCUT2D eigenvalue weighted by Crippen LogP contribution is 2.09. The van der Waals surface area contributed by atoms with Crippen LogP contribution in [0.1, 0.15) is 29.3 Å². The largest absolute Gasteiger partial charge is 0.281 e. The highest BCUT2D eigenvalue weighted by molar-refractivity contribution is 6.00. The number of nitrogens with zero attached hydrogens (tertiary/aromatic N) is 1. The molecule has 0 atom stereocenters. The van der Waals surface area contributed by atoms with Crippen LogP contribution in [0.25, 0.3) is 0 Å². The Kier molecular flexibility index (Phi) is 4.03. The lowest BCUT2D eigenvalue weighted by atomic mass is 10.1. The molecular formula is C12H15NO2. The predicted octanol–water partition coefficient (Wildman–Crippen LogP) is 2.00. The predicted molar refractivity (Wildman–Crippen MR) is 58.6 cm³/mol. The van der Waals surface area contributed by atoms with E-state index in [0.29, 0.717) is 18.5 Å². The smallest absolute Gasteiger partial charge is 0.260 e. The number of aryl methyl sites for hydroxylation is 1. The fourth-order valence-electron chi connectivity index (χ4n) is 1.41. The molecule has 2 amide bonds. The molecule has 0 bridgehead atoms. The van der Waals surface area contributed by atoms with Gasteiger partial charge in [-0.15, -0.1) is 0 Å². The highest BCUT2D eigenvalue weighted by atomic mass is 16.2. The van der Waals surface area contributed by atoms with E-state index in [0.717, 1.165) is 12.0 Å². The molecule has 1 rings (SSSR count). The maximum Gasteiger partial charge on any atom is 0.260 e. The van der Waals surface area contributed by atoms with Gasteiger partial charge in [0.2, 0.25) is 6.41 Å². The SMILES string of the molecule is CCCN(C=O)C(=O)c1ccccc1C. The van der Waals surface area contributed by atoms with Crippen molar-refractivity contribution in [2.45, 2.75) is 20.3 Å². The van der Waals surface area contributed by atoms with E-state index < -0.39 is 0 Å². The number of rotatable bonds is 4. The van der Waals surface area contributed by atoms with E-state index in [-0.39, 0.29) is 5.91 Å². The molecule has 1 aromatic rings. The number of carbonyl (C=O) groups is 2. The second-order valence-electron chi connectivity index (χ2n) is 3.42. The second-order valence-corrected chi connectivity index (χ2v) is 3.42. The van der Waals surface area contributed by atoms with Crippen LogP contribution in [0.15, 0.2) is 24.3 Å². The minimum Gasteiger partial charge on any atom is -0.281 e. The van der Waals surface area contributed by atoms with Gasteiger partial charge < -0.3 is 0 Å². The maximum atomic E-state index is 11.9. The molecule has 0 fully saturated rings. The summed E-state index contributed by atoms with van der Waals surface area (Å²) >= 11 is 0. The van der Waals surface area contributed by atoms with Gasteiger partial charge in [0.25, 0.3) is 5.91 Å². The summed E-state index contributed by atoms with van der Waals surface area (Å²) in [6, 6.07) is 7.28. The number of amides is 2. The van der Waals surface area contributed by atoms with Crippen LogP contribution in [-0.4, -0.2) is 23.8 Å². The zero-order chi connectivity index (χ0) is 11.3. The molecule has 0 heterocycles. The Labute approximate surface area is 89.7 Å². The molecule has 0 radical (unpaired) electrons. The van der Waals surface area contributed by atoms with Crippen LogP contribution in [0, 0.1) is 6.92 Å². The fraction of sp³-hybridized carbons (Fsp3) is 0.333. The number of carbonyl (C=O) groups excluding carboxylic acids is 2. The molecule has 0 aliphatic rings. The lowest BCUT2D eigenvalue weighted by Gasteiger charge is -2.15. The molecule has 15 heavy (non-hydrogen) atoms. The van der Waals surface area contributed by atoms with Crippen molar-refractivity contribution in [1.82, 2.24) is 4.90 Å². The van der Waals surface area contributed by atoms with Gasteiger partial charge in [-0.3, -0.25) is 14.5 Å². The minimum absolute atomic E-state index is 0.218. The van der Waals surface area contributed by atoms with Crippen molar-refractivity contribution in [3.05, 3.63) is 35.4 Å². The monoisotopic (exact) mass is 205 g/mol. The molecule has 0 N–H and O–H groups in total. The third-order valence-electron chi connectivity index (χ3n) is 2.23. The van der Waals surface area contributed by atoms with Crippen molar-refractivity contribution in [1.29, 1.82) is 0 Å². The van der Waals surface area contributed by atoms with Crippen LogP contribution in [0.5, 0.6) is 0 Å². The Balaban J connectivity index is 2.92. The number of imide groups is 1. The first-order valence-electron chi connectivity index (χ1n) is 5.02. The molecule has 1 aromatic carbocycles. The van der Waals surface area contributed by atoms with Gasteiger partial charge in [-0.25, -0.2) is 0 Å². The molecule has 0 unspecified atom stereocenters. The first-order chi connectivity index (χ1) is 7.20. The normalized spacial score (nSPS) is 9.73. The molecule has 3 nitrogen and oxygen atoms in total. The summed E-state index contributed by atoms with van der Waals surface area (Å²) in [5, 5.41) is 0. The Morgan fingerprint density at radius 2 is 2.07 bits per heavy atom. The van der Waals surface area contributed by atoms with Crippen molar-refractivity contribution in [3.63, 3.8) is 0 Å². The van der Waals surface area contributed by atoms with E-state index in [1.54, 1.807) is 12.1 Å². The van der Waals surface area contributed by atoms with E-state index in [1.165, 1.54) is 4.90 Å². The van der Waals surface area contributed by atoms with E-state index in [4.69, 9.17) is 0 Å². The van der Waals surface area contributed by atoms with E-state index >= 15 is 0 Å². The van der Waals surface area contributed by atoms with Crippen molar-refractivity contribution in [2.24, 2.45) is 0 Å².